The number of hydrogen-bond donors (Lipinski definition) is 1. The molecule has 1 N–H and O–H groups in total. The number of carboxylic acids is 1. The molecule has 0 aliphatic carbocycles. The average Bonchev–Trinajstić information content (AvgIpc) is 2.38. The molecule has 0 aliphatic heterocycles. The Kier molecular flexibility index (Phi) is 3.18. The molecule has 1 aromatic heterocycles. The van der Waals surface area contributed by atoms with Gasteiger partial charge in [-0.2, -0.15) is 0 Å². The maximum absolute atomic E-state index is 13.7. The van der Waals surface area contributed by atoms with Crippen LogP contribution in [0.3, 0.4) is 0 Å². The standard InChI is InChI=1S/C12H9FN2O3/c1-18-9-4-2-3-7(13)10(9)11-14-6-5-8(15-11)12(16)17/h2-6H,1H3,(H,16,17). The summed E-state index contributed by atoms with van der Waals surface area (Å²) in [6.07, 6.45) is 1.26. The lowest BCUT2D eigenvalue weighted by Gasteiger charge is -2.08. The molecule has 0 unspecified atom stereocenters. The molecule has 0 amide bonds. The van der Waals surface area contributed by atoms with Crippen LogP contribution in [-0.4, -0.2) is 28.2 Å². The van der Waals surface area contributed by atoms with Gasteiger partial charge in [-0.15, -0.1) is 0 Å². The Hall–Kier alpha value is -2.50. The largest absolute Gasteiger partial charge is 0.496 e. The summed E-state index contributed by atoms with van der Waals surface area (Å²) in [5.74, 6) is -1.55. The van der Waals surface area contributed by atoms with Crippen molar-refractivity contribution in [2.45, 2.75) is 0 Å². The number of carbonyl (C=O) groups is 1. The quantitative estimate of drug-likeness (QED) is 0.899. The van der Waals surface area contributed by atoms with E-state index in [1.165, 1.54) is 31.5 Å². The van der Waals surface area contributed by atoms with Crippen LogP contribution in [0.1, 0.15) is 10.5 Å². The van der Waals surface area contributed by atoms with E-state index in [0.29, 0.717) is 0 Å². The number of aromatic carboxylic acids is 1. The van der Waals surface area contributed by atoms with Crippen LogP contribution >= 0.6 is 0 Å². The number of aromatic nitrogens is 2. The van der Waals surface area contributed by atoms with Gasteiger partial charge in [-0.3, -0.25) is 0 Å². The van der Waals surface area contributed by atoms with E-state index in [2.05, 4.69) is 9.97 Å². The molecule has 0 saturated heterocycles. The molecule has 0 radical (unpaired) electrons. The molecule has 6 heteroatoms. The van der Waals surface area contributed by atoms with Gasteiger partial charge >= 0.3 is 5.97 Å². The zero-order valence-electron chi connectivity index (χ0n) is 9.42. The van der Waals surface area contributed by atoms with Gasteiger partial charge in [-0.1, -0.05) is 6.07 Å². The second-order valence-corrected chi connectivity index (χ2v) is 3.39. The molecule has 0 spiro atoms. The highest BCUT2D eigenvalue weighted by atomic mass is 19.1. The van der Waals surface area contributed by atoms with Crippen LogP contribution in [0, 0.1) is 5.82 Å². The minimum Gasteiger partial charge on any atom is -0.496 e. The molecule has 18 heavy (non-hydrogen) atoms. The predicted octanol–water partition coefficient (Wildman–Crippen LogP) is 1.99. The molecule has 0 atom stereocenters. The topological polar surface area (TPSA) is 72.3 Å². The van der Waals surface area contributed by atoms with E-state index in [9.17, 15) is 9.18 Å². The number of benzene rings is 1. The monoisotopic (exact) mass is 248 g/mol. The van der Waals surface area contributed by atoms with Crippen molar-refractivity contribution in [3.8, 4) is 17.1 Å². The van der Waals surface area contributed by atoms with Gasteiger partial charge in [-0.25, -0.2) is 19.2 Å². The molecule has 1 aromatic carbocycles. The van der Waals surface area contributed by atoms with Crippen LogP contribution in [0.5, 0.6) is 5.75 Å². The van der Waals surface area contributed by atoms with E-state index in [4.69, 9.17) is 9.84 Å². The highest BCUT2D eigenvalue weighted by Crippen LogP contribution is 2.29. The number of nitrogens with zero attached hydrogens (tertiary/aromatic N) is 2. The summed E-state index contributed by atoms with van der Waals surface area (Å²) in [6, 6.07) is 5.50. The summed E-state index contributed by atoms with van der Waals surface area (Å²) < 4.78 is 18.8. The molecule has 0 saturated carbocycles. The Bertz CT molecular complexity index is 602. The highest BCUT2D eigenvalue weighted by Gasteiger charge is 2.16. The normalized spacial score (nSPS) is 10.1. The van der Waals surface area contributed by atoms with Crippen molar-refractivity contribution < 1.29 is 19.0 Å². The van der Waals surface area contributed by atoms with Gasteiger partial charge in [0.05, 0.1) is 12.7 Å². The van der Waals surface area contributed by atoms with E-state index in [1.54, 1.807) is 6.07 Å². The fraction of sp³-hybridized carbons (Fsp3) is 0.0833. The summed E-state index contributed by atoms with van der Waals surface area (Å²) in [4.78, 5) is 18.5. The first kappa shape index (κ1) is 12.0. The van der Waals surface area contributed by atoms with Crippen LogP contribution in [0.4, 0.5) is 4.39 Å². The van der Waals surface area contributed by atoms with E-state index < -0.39 is 11.8 Å². The van der Waals surface area contributed by atoms with Gasteiger partial charge in [0.1, 0.15) is 11.6 Å². The van der Waals surface area contributed by atoms with Crippen molar-refractivity contribution in [3.63, 3.8) is 0 Å². The minimum atomic E-state index is -1.20. The van der Waals surface area contributed by atoms with E-state index in [-0.39, 0.29) is 22.8 Å². The highest BCUT2D eigenvalue weighted by molar-refractivity contribution is 5.85. The third kappa shape index (κ3) is 2.13. The molecular weight excluding hydrogens is 239 g/mol. The molecule has 2 rings (SSSR count). The lowest BCUT2D eigenvalue weighted by atomic mass is 10.1. The van der Waals surface area contributed by atoms with E-state index in [1.807, 2.05) is 0 Å². The van der Waals surface area contributed by atoms with Crippen LogP contribution in [0.25, 0.3) is 11.4 Å². The second kappa shape index (κ2) is 4.79. The Morgan fingerprint density at radius 3 is 2.83 bits per heavy atom. The summed E-state index contributed by atoms with van der Waals surface area (Å²) in [5.41, 5.74) is -0.159. The Morgan fingerprint density at radius 1 is 1.39 bits per heavy atom. The maximum Gasteiger partial charge on any atom is 0.354 e. The van der Waals surface area contributed by atoms with Crippen LogP contribution < -0.4 is 4.74 Å². The first-order valence-corrected chi connectivity index (χ1v) is 5.02. The van der Waals surface area contributed by atoms with Crippen LogP contribution in [-0.2, 0) is 0 Å². The number of hydrogen-bond acceptors (Lipinski definition) is 4. The molecule has 92 valence electrons. The van der Waals surface area contributed by atoms with Crippen molar-refractivity contribution in [1.82, 2.24) is 9.97 Å². The third-order valence-corrected chi connectivity index (χ3v) is 2.29. The van der Waals surface area contributed by atoms with Crippen LogP contribution in [0.15, 0.2) is 30.5 Å². The lowest BCUT2D eigenvalue weighted by molar-refractivity contribution is 0.0690. The fourth-order valence-electron chi connectivity index (χ4n) is 1.49. The molecule has 2 aromatic rings. The van der Waals surface area contributed by atoms with Crippen molar-refractivity contribution in [1.29, 1.82) is 0 Å². The number of rotatable bonds is 3. The molecule has 1 heterocycles. The van der Waals surface area contributed by atoms with Gasteiger partial charge in [0.15, 0.2) is 11.5 Å². The number of halogens is 1. The van der Waals surface area contributed by atoms with Gasteiger partial charge in [0.2, 0.25) is 0 Å². The van der Waals surface area contributed by atoms with Crippen molar-refractivity contribution >= 4 is 5.97 Å². The van der Waals surface area contributed by atoms with Crippen molar-refractivity contribution in [3.05, 3.63) is 42.0 Å². The van der Waals surface area contributed by atoms with Gasteiger partial charge in [0, 0.05) is 6.20 Å². The van der Waals surface area contributed by atoms with Gasteiger partial charge in [0.25, 0.3) is 0 Å². The first-order chi connectivity index (χ1) is 8.63. The van der Waals surface area contributed by atoms with E-state index >= 15 is 0 Å². The molecule has 5 nitrogen and oxygen atoms in total. The van der Waals surface area contributed by atoms with Crippen molar-refractivity contribution in [2.24, 2.45) is 0 Å². The zero-order chi connectivity index (χ0) is 13.1. The van der Waals surface area contributed by atoms with Gasteiger partial charge < -0.3 is 9.84 Å². The van der Waals surface area contributed by atoms with Crippen molar-refractivity contribution in [2.75, 3.05) is 7.11 Å². The van der Waals surface area contributed by atoms with Crippen LogP contribution in [0.2, 0.25) is 0 Å². The smallest absolute Gasteiger partial charge is 0.354 e. The number of ether oxygens (including phenoxy) is 1. The molecular formula is C12H9FN2O3. The van der Waals surface area contributed by atoms with E-state index in [0.717, 1.165) is 0 Å². The average molecular weight is 248 g/mol. The lowest BCUT2D eigenvalue weighted by Crippen LogP contribution is -2.03. The molecule has 0 fully saturated rings. The summed E-state index contributed by atoms with van der Waals surface area (Å²) in [6.45, 7) is 0. The third-order valence-electron chi connectivity index (χ3n) is 2.29. The first-order valence-electron chi connectivity index (χ1n) is 5.02. The zero-order valence-corrected chi connectivity index (χ0v) is 9.42. The summed E-state index contributed by atoms with van der Waals surface area (Å²) in [5, 5.41) is 8.84. The van der Waals surface area contributed by atoms with Gasteiger partial charge in [-0.05, 0) is 18.2 Å². The number of carboxylic acid groups (broad SMARTS) is 1. The SMILES string of the molecule is COc1cccc(F)c1-c1nccc(C(=O)O)n1. The summed E-state index contributed by atoms with van der Waals surface area (Å²) >= 11 is 0. The Balaban J connectivity index is 2.61. The maximum atomic E-state index is 13.7. The fourth-order valence-corrected chi connectivity index (χ4v) is 1.49. The number of methoxy groups -OCH3 is 1. The Morgan fingerprint density at radius 2 is 2.17 bits per heavy atom. The summed E-state index contributed by atoms with van der Waals surface area (Å²) in [7, 11) is 1.39. The Labute approximate surface area is 102 Å². The predicted molar refractivity (Wildman–Crippen MR) is 60.9 cm³/mol. The molecule has 0 bridgehead atoms. The molecule has 0 aliphatic rings. The second-order valence-electron chi connectivity index (χ2n) is 3.39. The minimum absolute atomic E-state index is 0.0233.